The number of hydrogen-bond acceptors (Lipinski definition) is 3. The van der Waals surface area contributed by atoms with Gasteiger partial charge in [-0.15, -0.1) is 11.3 Å². The second kappa shape index (κ2) is 9.37. The van der Waals surface area contributed by atoms with Crippen LogP contribution in [0, 0.1) is 5.92 Å². The van der Waals surface area contributed by atoms with Crippen LogP contribution in [-0.2, 0) is 16.0 Å². The number of fused-ring (bicyclic) bond motifs is 1. The number of thiophene rings is 1. The quantitative estimate of drug-likeness (QED) is 0.689. The highest BCUT2D eigenvalue weighted by Gasteiger charge is 2.34. The van der Waals surface area contributed by atoms with Gasteiger partial charge in [-0.25, -0.2) is 0 Å². The number of unbranched alkanes of at least 4 members (excludes halogenated alkanes) is 1. The summed E-state index contributed by atoms with van der Waals surface area (Å²) in [4.78, 5) is 31.1. The monoisotopic (exact) mass is 398 g/mol. The number of nitrogens with zero attached hydrogens (tertiary/aromatic N) is 2. The summed E-state index contributed by atoms with van der Waals surface area (Å²) in [5.41, 5.74) is 2.36. The van der Waals surface area contributed by atoms with Gasteiger partial charge in [0.1, 0.15) is 0 Å². The average Bonchev–Trinajstić information content (AvgIpc) is 3.19. The lowest BCUT2D eigenvalue weighted by atomic mass is 9.93. The van der Waals surface area contributed by atoms with Crippen LogP contribution >= 0.6 is 11.3 Å². The molecule has 1 aliphatic heterocycles. The van der Waals surface area contributed by atoms with Crippen LogP contribution in [0.15, 0.2) is 41.8 Å². The fourth-order valence-corrected chi connectivity index (χ4v) is 4.72. The van der Waals surface area contributed by atoms with Crippen LogP contribution in [0.4, 0.5) is 0 Å². The fourth-order valence-electron chi connectivity index (χ4n) is 3.82. The summed E-state index contributed by atoms with van der Waals surface area (Å²) in [6.45, 7) is 7.41. The molecular formula is C23H30N2O2S. The van der Waals surface area contributed by atoms with E-state index in [4.69, 9.17) is 0 Å². The molecule has 0 N–H and O–H groups in total. The van der Waals surface area contributed by atoms with Gasteiger partial charge in [-0.3, -0.25) is 9.59 Å². The SMILES string of the molecule is CCCCN(CC(=O)N1CCc2sccc2C1c1ccccc1)C(=O)C(C)C. The van der Waals surface area contributed by atoms with E-state index in [0.717, 1.165) is 24.8 Å². The van der Waals surface area contributed by atoms with Crippen molar-refractivity contribution in [2.45, 2.75) is 46.1 Å². The van der Waals surface area contributed by atoms with E-state index in [-0.39, 0.29) is 30.3 Å². The number of rotatable bonds is 7. The van der Waals surface area contributed by atoms with E-state index in [0.29, 0.717) is 13.1 Å². The molecule has 1 aromatic carbocycles. The molecule has 1 unspecified atom stereocenters. The molecule has 0 saturated carbocycles. The third-order valence-corrected chi connectivity index (χ3v) is 6.31. The van der Waals surface area contributed by atoms with Crippen molar-refractivity contribution in [2.75, 3.05) is 19.6 Å². The van der Waals surface area contributed by atoms with Gasteiger partial charge in [0, 0.05) is 23.9 Å². The highest BCUT2D eigenvalue weighted by atomic mass is 32.1. The third kappa shape index (κ3) is 4.46. The topological polar surface area (TPSA) is 40.6 Å². The van der Waals surface area contributed by atoms with E-state index in [1.165, 1.54) is 10.4 Å². The Hall–Kier alpha value is -2.14. The van der Waals surface area contributed by atoms with Crippen LogP contribution in [0.1, 0.15) is 55.7 Å². The maximum Gasteiger partial charge on any atom is 0.242 e. The van der Waals surface area contributed by atoms with Gasteiger partial charge >= 0.3 is 0 Å². The van der Waals surface area contributed by atoms with Gasteiger partial charge in [0.2, 0.25) is 11.8 Å². The maximum absolute atomic E-state index is 13.3. The summed E-state index contributed by atoms with van der Waals surface area (Å²) in [6.07, 6.45) is 2.81. The molecule has 0 aliphatic carbocycles. The minimum absolute atomic E-state index is 0.0378. The van der Waals surface area contributed by atoms with Crippen LogP contribution in [0.2, 0.25) is 0 Å². The normalized spacial score (nSPS) is 16.1. The lowest BCUT2D eigenvalue weighted by Crippen LogP contribution is -2.47. The van der Waals surface area contributed by atoms with E-state index in [1.807, 2.05) is 36.9 Å². The van der Waals surface area contributed by atoms with Crippen molar-refractivity contribution in [3.8, 4) is 0 Å². The molecule has 2 heterocycles. The molecule has 0 radical (unpaired) electrons. The first-order chi connectivity index (χ1) is 13.5. The smallest absolute Gasteiger partial charge is 0.242 e. The average molecular weight is 399 g/mol. The van der Waals surface area contributed by atoms with E-state index >= 15 is 0 Å². The summed E-state index contributed by atoms with van der Waals surface area (Å²) >= 11 is 1.77. The molecule has 4 nitrogen and oxygen atoms in total. The first-order valence-electron chi connectivity index (χ1n) is 10.2. The number of hydrogen-bond donors (Lipinski definition) is 0. The molecule has 0 bridgehead atoms. The van der Waals surface area contributed by atoms with E-state index < -0.39 is 0 Å². The molecule has 0 fully saturated rings. The number of amides is 2. The molecule has 2 amide bonds. The van der Waals surface area contributed by atoms with Crippen molar-refractivity contribution >= 4 is 23.2 Å². The standard InChI is InChI=1S/C23H30N2O2S/c1-4-5-13-24(23(27)17(2)3)16-21(26)25-14-11-20-19(12-15-28-20)22(25)18-9-7-6-8-10-18/h6-10,12,15,17,22H,4-5,11,13-14,16H2,1-3H3. The molecule has 150 valence electrons. The van der Waals surface area contributed by atoms with Crippen molar-refractivity contribution in [2.24, 2.45) is 5.92 Å². The van der Waals surface area contributed by atoms with Gasteiger partial charge in [0.05, 0.1) is 12.6 Å². The summed E-state index contributed by atoms with van der Waals surface area (Å²) in [5, 5.41) is 2.12. The van der Waals surface area contributed by atoms with Gasteiger partial charge < -0.3 is 9.80 Å². The second-order valence-corrected chi connectivity index (χ2v) is 8.72. The van der Waals surface area contributed by atoms with E-state index in [2.05, 4.69) is 30.5 Å². The Morgan fingerprint density at radius 2 is 1.96 bits per heavy atom. The fraction of sp³-hybridized carbons (Fsp3) is 0.478. The zero-order valence-electron chi connectivity index (χ0n) is 17.1. The van der Waals surface area contributed by atoms with E-state index in [1.54, 1.807) is 16.2 Å². The van der Waals surface area contributed by atoms with Crippen LogP contribution in [0.3, 0.4) is 0 Å². The molecule has 1 atom stereocenters. The molecule has 1 aliphatic rings. The Labute approximate surface area is 172 Å². The maximum atomic E-state index is 13.3. The molecular weight excluding hydrogens is 368 g/mol. The molecule has 2 aromatic rings. The van der Waals surface area contributed by atoms with Gasteiger partial charge in [-0.1, -0.05) is 57.5 Å². The Bertz CT molecular complexity index is 800. The molecule has 3 rings (SSSR count). The lowest BCUT2D eigenvalue weighted by Gasteiger charge is -2.37. The van der Waals surface area contributed by atoms with Gasteiger partial charge in [-0.05, 0) is 35.4 Å². The lowest BCUT2D eigenvalue weighted by molar-refractivity contribution is -0.143. The Kier molecular flexibility index (Phi) is 6.89. The zero-order chi connectivity index (χ0) is 20.1. The van der Waals surface area contributed by atoms with Gasteiger partial charge in [-0.2, -0.15) is 0 Å². The van der Waals surface area contributed by atoms with Crippen LogP contribution in [0.25, 0.3) is 0 Å². The van der Waals surface area contributed by atoms with Crippen molar-refractivity contribution in [1.29, 1.82) is 0 Å². The summed E-state index contributed by atoms with van der Waals surface area (Å²) in [7, 11) is 0. The predicted octanol–water partition coefficient (Wildman–Crippen LogP) is 4.51. The molecule has 0 spiro atoms. The zero-order valence-corrected chi connectivity index (χ0v) is 17.9. The third-order valence-electron chi connectivity index (χ3n) is 5.31. The molecule has 28 heavy (non-hydrogen) atoms. The molecule has 0 saturated heterocycles. The van der Waals surface area contributed by atoms with Gasteiger partial charge in [0.25, 0.3) is 0 Å². The van der Waals surface area contributed by atoms with Crippen molar-refractivity contribution in [3.05, 3.63) is 57.8 Å². The first-order valence-corrected chi connectivity index (χ1v) is 11.1. The Morgan fingerprint density at radius 1 is 1.21 bits per heavy atom. The Morgan fingerprint density at radius 3 is 2.64 bits per heavy atom. The minimum atomic E-state index is -0.0978. The number of carbonyl (C=O) groups excluding carboxylic acids is 2. The number of carbonyl (C=O) groups is 2. The number of benzene rings is 1. The van der Waals surface area contributed by atoms with Crippen molar-refractivity contribution in [3.63, 3.8) is 0 Å². The van der Waals surface area contributed by atoms with Crippen molar-refractivity contribution < 1.29 is 9.59 Å². The summed E-state index contributed by atoms with van der Waals surface area (Å²) < 4.78 is 0. The summed E-state index contributed by atoms with van der Waals surface area (Å²) in [6, 6.07) is 12.3. The van der Waals surface area contributed by atoms with Crippen LogP contribution in [0.5, 0.6) is 0 Å². The van der Waals surface area contributed by atoms with Gasteiger partial charge in [0.15, 0.2) is 0 Å². The summed E-state index contributed by atoms with van der Waals surface area (Å²) in [5.74, 6) is 0.00140. The van der Waals surface area contributed by atoms with E-state index in [9.17, 15) is 9.59 Å². The highest BCUT2D eigenvalue weighted by Crippen LogP contribution is 2.37. The minimum Gasteiger partial charge on any atom is -0.333 e. The van der Waals surface area contributed by atoms with Crippen molar-refractivity contribution in [1.82, 2.24) is 9.80 Å². The first kappa shape index (κ1) is 20.6. The highest BCUT2D eigenvalue weighted by molar-refractivity contribution is 7.10. The Balaban J connectivity index is 1.85. The van der Waals surface area contributed by atoms with Crippen LogP contribution in [-0.4, -0.2) is 41.2 Å². The molecule has 5 heteroatoms. The predicted molar refractivity (Wildman–Crippen MR) is 114 cm³/mol. The second-order valence-electron chi connectivity index (χ2n) is 7.72. The van der Waals surface area contributed by atoms with Crippen LogP contribution < -0.4 is 0 Å². The largest absolute Gasteiger partial charge is 0.333 e. The molecule has 1 aromatic heterocycles.